The Hall–Kier alpha value is -0.660. The molecule has 0 aliphatic rings. The third kappa shape index (κ3) is 6.76. The lowest BCUT2D eigenvalue weighted by molar-refractivity contribution is -0.125. The molecule has 0 aliphatic carbocycles. The third-order valence-electron chi connectivity index (χ3n) is 1.85. The second-order valence-corrected chi connectivity index (χ2v) is 5.86. The molecule has 0 aliphatic heterocycles. The average Bonchev–Trinajstić information content (AvgIpc) is 2.08. The minimum atomic E-state index is -3.39. The summed E-state index contributed by atoms with van der Waals surface area (Å²) in [6, 6.07) is 0. The van der Waals surface area contributed by atoms with E-state index in [0.29, 0.717) is 13.1 Å². The molecule has 1 amide bonds. The second kappa shape index (κ2) is 6.17. The highest BCUT2D eigenvalue weighted by molar-refractivity contribution is 7.88. The van der Waals surface area contributed by atoms with E-state index < -0.39 is 15.6 Å². The maximum Gasteiger partial charge on any atom is 0.240 e. The molecule has 0 bridgehead atoms. The average molecular weight is 251 g/mol. The van der Waals surface area contributed by atoms with Crippen molar-refractivity contribution in [3.63, 3.8) is 0 Å². The number of sulfonamides is 1. The standard InChI is InChI=1S/C9H21N3O3S/c1-5-10-6-7-11-8(13)9(2,3)12-16(4,14)15/h10,12H,5-7H2,1-4H3,(H,11,13). The molecule has 7 heteroatoms. The van der Waals surface area contributed by atoms with Crippen molar-refractivity contribution in [1.29, 1.82) is 0 Å². The van der Waals surface area contributed by atoms with Crippen LogP contribution in [0.4, 0.5) is 0 Å². The Labute approximate surface area is 97.2 Å². The maximum atomic E-state index is 11.6. The van der Waals surface area contributed by atoms with Gasteiger partial charge < -0.3 is 10.6 Å². The number of carbonyl (C=O) groups is 1. The lowest BCUT2D eigenvalue weighted by atomic mass is 10.1. The molecule has 16 heavy (non-hydrogen) atoms. The van der Waals surface area contributed by atoms with E-state index in [1.54, 1.807) is 0 Å². The predicted molar refractivity (Wildman–Crippen MR) is 63.6 cm³/mol. The minimum Gasteiger partial charge on any atom is -0.353 e. The molecule has 0 unspecified atom stereocenters. The summed E-state index contributed by atoms with van der Waals surface area (Å²) in [7, 11) is -3.39. The first-order valence-corrected chi connectivity index (χ1v) is 7.06. The van der Waals surface area contributed by atoms with Gasteiger partial charge in [0.15, 0.2) is 0 Å². The molecule has 96 valence electrons. The van der Waals surface area contributed by atoms with Crippen molar-refractivity contribution in [3.05, 3.63) is 0 Å². The monoisotopic (exact) mass is 251 g/mol. The molecule has 0 aromatic heterocycles. The van der Waals surface area contributed by atoms with Gasteiger partial charge in [-0.1, -0.05) is 6.92 Å². The van der Waals surface area contributed by atoms with Crippen LogP contribution in [-0.4, -0.2) is 45.8 Å². The number of amides is 1. The molecule has 0 spiro atoms. The fourth-order valence-electron chi connectivity index (χ4n) is 1.17. The van der Waals surface area contributed by atoms with E-state index in [2.05, 4.69) is 15.4 Å². The summed E-state index contributed by atoms with van der Waals surface area (Å²) in [6.45, 7) is 6.99. The number of rotatable bonds is 7. The number of hydrogen-bond donors (Lipinski definition) is 3. The first-order chi connectivity index (χ1) is 7.19. The van der Waals surface area contributed by atoms with Crippen molar-refractivity contribution in [2.24, 2.45) is 0 Å². The van der Waals surface area contributed by atoms with Gasteiger partial charge >= 0.3 is 0 Å². The van der Waals surface area contributed by atoms with Crippen LogP contribution in [0.25, 0.3) is 0 Å². The van der Waals surface area contributed by atoms with Crippen LogP contribution in [-0.2, 0) is 14.8 Å². The summed E-state index contributed by atoms with van der Waals surface area (Å²) in [5, 5.41) is 5.70. The molecule has 0 aromatic carbocycles. The van der Waals surface area contributed by atoms with Crippen LogP contribution in [0.5, 0.6) is 0 Å². The first kappa shape index (κ1) is 15.3. The zero-order chi connectivity index (χ0) is 12.8. The summed E-state index contributed by atoms with van der Waals surface area (Å²) in [6.07, 6.45) is 1.03. The van der Waals surface area contributed by atoms with Crippen LogP contribution in [0.15, 0.2) is 0 Å². The number of carbonyl (C=O) groups excluding carboxylic acids is 1. The van der Waals surface area contributed by atoms with Gasteiger partial charge in [-0.25, -0.2) is 13.1 Å². The Morgan fingerprint density at radius 2 is 1.81 bits per heavy atom. The highest BCUT2D eigenvalue weighted by atomic mass is 32.2. The van der Waals surface area contributed by atoms with Crippen molar-refractivity contribution in [2.45, 2.75) is 26.3 Å². The summed E-state index contributed by atoms with van der Waals surface area (Å²) in [5.41, 5.74) is -1.13. The van der Waals surface area contributed by atoms with E-state index >= 15 is 0 Å². The van der Waals surface area contributed by atoms with Crippen LogP contribution in [0, 0.1) is 0 Å². The molecular formula is C9H21N3O3S. The van der Waals surface area contributed by atoms with Crippen LogP contribution >= 0.6 is 0 Å². The fraction of sp³-hybridized carbons (Fsp3) is 0.889. The van der Waals surface area contributed by atoms with E-state index in [0.717, 1.165) is 12.8 Å². The SMILES string of the molecule is CCNCCNC(=O)C(C)(C)NS(C)(=O)=O. The van der Waals surface area contributed by atoms with E-state index in [4.69, 9.17) is 0 Å². The van der Waals surface area contributed by atoms with Gasteiger partial charge in [0.25, 0.3) is 0 Å². The van der Waals surface area contributed by atoms with Gasteiger partial charge in [0, 0.05) is 13.1 Å². The van der Waals surface area contributed by atoms with Crippen molar-refractivity contribution >= 4 is 15.9 Å². The van der Waals surface area contributed by atoms with Crippen LogP contribution in [0.1, 0.15) is 20.8 Å². The van der Waals surface area contributed by atoms with E-state index in [9.17, 15) is 13.2 Å². The predicted octanol–water partition coefficient (Wildman–Crippen LogP) is -0.960. The summed E-state index contributed by atoms with van der Waals surface area (Å²) < 4.78 is 24.3. The molecule has 0 saturated heterocycles. The van der Waals surface area contributed by atoms with Crippen LogP contribution in [0.2, 0.25) is 0 Å². The molecule has 3 N–H and O–H groups in total. The Balaban J connectivity index is 4.15. The van der Waals surface area contributed by atoms with E-state index in [1.165, 1.54) is 13.8 Å². The van der Waals surface area contributed by atoms with E-state index in [-0.39, 0.29) is 5.91 Å². The lowest BCUT2D eigenvalue weighted by Crippen LogP contribution is -2.55. The minimum absolute atomic E-state index is 0.337. The highest BCUT2D eigenvalue weighted by Gasteiger charge is 2.30. The quantitative estimate of drug-likeness (QED) is 0.509. The molecule has 6 nitrogen and oxygen atoms in total. The lowest BCUT2D eigenvalue weighted by Gasteiger charge is -2.23. The fourth-order valence-corrected chi connectivity index (χ4v) is 2.19. The van der Waals surface area contributed by atoms with Gasteiger partial charge in [-0.2, -0.15) is 0 Å². The van der Waals surface area contributed by atoms with Crippen molar-refractivity contribution < 1.29 is 13.2 Å². The molecular weight excluding hydrogens is 230 g/mol. The summed E-state index contributed by atoms with van der Waals surface area (Å²) in [4.78, 5) is 11.6. The zero-order valence-corrected chi connectivity index (χ0v) is 11.1. The first-order valence-electron chi connectivity index (χ1n) is 5.17. The molecule has 0 atom stereocenters. The Bertz CT molecular complexity index is 325. The molecule has 0 fully saturated rings. The Morgan fingerprint density at radius 3 is 2.25 bits per heavy atom. The highest BCUT2D eigenvalue weighted by Crippen LogP contribution is 2.03. The normalized spacial score (nSPS) is 12.5. The molecule has 0 aromatic rings. The molecule has 0 heterocycles. The maximum absolute atomic E-state index is 11.6. The van der Waals surface area contributed by atoms with Crippen molar-refractivity contribution in [1.82, 2.24) is 15.4 Å². The van der Waals surface area contributed by atoms with Gasteiger partial charge in [0.05, 0.1) is 6.26 Å². The van der Waals surface area contributed by atoms with Crippen LogP contribution in [0.3, 0.4) is 0 Å². The van der Waals surface area contributed by atoms with Crippen molar-refractivity contribution in [2.75, 3.05) is 25.9 Å². The van der Waals surface area contributed by atoms with Gasteiger partial charge in [0.1, 0.15) is 5.54 Å². The molecule has 0 saturated carbocycles. The zero-order valence-electron chi connectivity index (χ0n) is 10.3. The largest absolute Gasteiger partial charge is 0.353 e. The van der Waals surface area contributed by atoms with Gasteiger partial charge in [-0.05, 0) is 20.4 Å². The number of nitrogens with one attached hydrogen (secondary N) is 3. The van der Waals surface area contributed by atoms with Gasteiger partial charge in [0.2, 0.25) is 15.9 Å². The topological polar surface area (TPSA) is 87.3 Å². The summed E-state index contributed by atoms with van der Waals surface area (Å²) >= 11 is 0. The molecule has 0 radical (unpaired) electrons. The van der Waals surface area contributed by atoms with Crippen LogP contribution < -0.4 is 15.4 Å². The Morgan fingerprint density at radius 1 is 1.25 bits per heavy atom. The number of likely N-dealkylation sites (N-methyl/N-ethyl adjacent to an activating group) is 1. The smallest absolute Gasteiger partial charge is 0.240 e. The summed E-state index contributed by atoms with van der Waals surface area (Å²) in [5.74, 6) is -0.337. The third-order valence-corrected chi connectivity index (χ3v) is 2.73. The Kier molecular flexibility index (Phi) is 5.91. The van der Waals surface area contributed by atoms with Gasteiger partial charge in [-0.15, -0.1) is 0 Å². The molecule has 0 rings (SSSR count). The van der Waals surface area contributed by atoms with Gasteiger partial charge in [-0.3, -0.25) is 4.79 Å². The van der Waals surface area contributed by atoms with E-state index in [1.807, 2.05) is 6.92 Å². The van der Waals surface area contributed by atoms with Crippen molar-refractivity contribution in [3.8, 4) is 0 Å². The second-order valence-electron chi connectivity index (χ2n) is 4.11. The number of hydrogen-bond acceptors (Lipinski definition) is 4.